The number of rotatable bonds is 8. The van der Waals surface area contributed by atoms with Gasteiger partial charge in [-0.2, -0.15) is 0 Å². The molecular formula is C14H26N2O3. The van der Waals surface area contributed by atoms with E-state index in [0.29, 0.717) is 6.54 Å². The van der Waals surface area contributed by atoms with Gasteiger partial charge >= 0.3 is 5.97 Å². The van der Waals surface area contributed by atoms with Crippen molar-refractivity contribution in [2.75, 3.05) is 13.1 Å². The minimum Gasteiger partial charge on any atom is -0.481 e. The van der Waals surface area contributed by atoms with Crippen molar-refractivity contribution in [1.29, 1.82) is 0 Å². The molecule has 0 radical (unpaired) electrons. The standard InChI is InChI=1S/C14H26N2O3/c17-13(18)9-5-1-2-6-11-16-14(19)12-8-4-3-7-10-15-12/h12,15H,1-11H2,(H,16,19)(H,17,18). The molecule has 1 fully saturated rings. The molecule has 1 heterocycles. The number of carboxylic acids is 1. The average molecular weight is 270 g/mol. The van der Waals surface area contributed by atoms with Gasteiger partial charge in [-0.3, -0.25) is 9.59 Å². The Labute approximate surface area is 115 Å². The van der Waals surface area contributed by atoms with Gasteiger partial charge in [0.1, 0.15) is 0 Å². The van der Waals surface area contributed by atoms with Gasteiger partial charge in [-0.05, 0) is 32.2 Å². The molecule has 1 atom stereocenters. The molecule has 0 bridgehead atoms. The molecule has 3 N–H and O–H groups in total. The van der Waals surface area contributed by atoms with Crippen molar-refractivity contribution in [2.24, 2.45) is 0 Å². The summed E-state index contributed by atoms with van der Waals surface area (Å²) in [6, 6.07) is -0.0190. The quantitative estimate of drug-likeness (QED) is 0.586. The number of nitrogens with one attached hydrogen (secondary N) is 2. The molecule has 0 spiro atoms. The normalized spacial score (nSPS) is 19.7. The predicted octanol–water partition coefficient (Wildman–Crippen LogP) is 1.67. The highest BCUT2D eigenvalue weighted by molar-refractivity contribution is 5.81. The highest BCUT2D eigenvalue weighted by atomic mass is 16.4. The lowest BCUT2D eigenvalue weighted by Gasteiger charge is -2.15. The number of amides is 1. The maximum absolute atomic E-state index is 11.9. The third-order valence-corrected chi connectivity index (χ3v) is 3.49. The molecule has 1 aliphatic heterocycles. The zero-order valence-electron chi connectivity index (χ0n) is 11.6. The van der Waals surface area contributed by atoms with E-state index in [1.165, 1.54) is 6.42 Å². The number of hydrogen-bond donors (Lipinski definition) is 3. The van der Waals surface area contributed by atoms with Gasteiger partial charge in [0.25, 0.3) is 0 Å². The van der Waals surface area contributed by atoms with Crippen molar-refractivity contribution in [3.05, 3.63) is 0 Å². The molecule has 1 saturated heterocycles. The van der Waals surface area contributed by atoms with Crippen LogP contribution in [-0.4, -0.2) is 36.1 Å². The van der Waals surface area contributed by atoms with Gasteiger partial charge in [0.2, 0.25) is 5.91 Å². The highest BCUT2D eigenvalue weighted by Gasteiger charge is 2.18. The third kappa shape index (κ3) is 7.82. The molecule has 0 aromatic rings. The van der Waals surface area contributed by atoms with Crippen molar-refractivity contribution < 1.29 is 14.7 Å². The molecule has 1 aliphatic rings. The van der Waals surface area contributed by atoms with Crippen molar-refractivity contribution in [3.8, 4) is 0 Å². The second-order valence-electron chi connectivity index (χ2n) is 5.21. The first-order valence-corrected chi connectivity index (χ1v) is 7.43. The number of carbonyl (C=O) groups excluding carboxylic acids is 1. The fourth-order valence-corrected chi connectivity index (χ4v) is 2.34. The predicted molar refractivity (Wildman–Crippen MR) is 74.0 cm³/mol. The first-order valence-electron chi connectivity index (χ1n) is 7.43. The molecule has 0 aromatic heterocycles. The van der Waals surface area contributed by atoms with E-state index in [0.717, 1.165) is 51.5 Å². The van der Waals surface area contributed by atoms with Crippen molar-refractivity contribution in [2.45, 2.75) is 63.8 Å². The SMILES string of the molecule is O=C(O)CCCCCCNC(=O)C1CCCCCN1. The molecule has 5 nitrogen and oxygen atoms in total. The molecule has 110 valence electrons. The lowest BCUT2D eigenvalue weighted by atomic mass is 10.1. The molecule has 0 aliphatic carbocycles. The molecule has 0 aromatic carbocycles. The van der Waals surface area contributed by atoms with Gasteiger partial charge < -0.3 is 15.7 Å². The van der Waals surface area contributed by atoms with Gasteiger partial charge in [-0.1, -0.05) is 25.7 Å². The van der Waals surface area contributed by atoms with Gasteiger partial charge in [0.15, 0.2) is 0 Å². The lowest BCUT2D eigenvalue weighted by Crippen LogP contribution is -2.43. The minimum atomic E-state index is -0.729. The van der Waals surface area contributed by atoms with E-state index < -0.39 is 5.97 Å². The fraction of sp³-hybridized carbons (Fsp3) is 0.857. The summed E-state index contributed by atoms with van der Waals surface area (Å²) in [6.45, 7) is 1.64. The number of aliphatic carboxylic acids is 1. The van der Waals surface area contributed by atoms with Crippen LogP contribution in [0.3, 0.4) is 0 Å². The monoisotopic (exact) mass is 270 g/mol. The van der Waals surface area contributed by atoms with Gasteiger partial charge in [-0.25, -0.2) is 0 Å². The Kier molecular flexibility index (Phi) is 8.21. The smallest absolute Gasteiger partial charge is 0.303 e. The van der Waals surface area contributed by atoms with E-state index in [1.807, 2.05) is 0 Å². The van der Waals surface area contributed by atoms with Gasteiger partial charge in [0.05, 0.1) is 6.04 Å². The summed E-state index contributed by atoms with van der Waals surface area (Å²) >= 11 is 0. The molecule has 5 heteroatoms. The third-order valence-electron chi connectivity index (χ3n) is 3.49. The molecule has 1 amide bonds. The molecule has 0 saturated carbocycles. The molecular weight excluding hydrogens is 244 g/mol. The zero-order valence-corrected chi connectivity index (χ0v) is 11.6. The highest BCUT2D eigenvalue weighted by Crippen LogP contribution is 2.08. The van der Waals surface area contributed by atoms with Crippen LogP contribution in [0.1, 0.15) is 57.8 Å². The number of hydrogen-bond acceptors (Lipinski definition) is 3. The summed E-state index contributed by atoms with van der Waals surface area (Å²) in [5.41, 5.74) is 0. The summed E-state index contributed by atoms with van der Waals surface area (Å²) in [5, 5.41) is 14.7. The van der Waals surface area contributed by atoms with E-state index in [2.05, 4.69) is 10.6 Å². The van der Waals surface area contributed by atoms with Crippen LogP contribution in [0.25, 0.3) is 0 Å². The Morgan fingerprint density at radius 3 is 2.68 bits per heavy atom. The Morgan fingerprint density at radius 2 is 1.89 bits per heavy atom. The van der Waals surface area contributed by atoms with Crippen LogP contribution in [0.15, 0.2) is 0 Å². The first-order chi connectivity index (χ1) is 9.20. The topological polar surface area (TPSA) is 78.4 Å². The summed E-state index contributed by atoms with van der Waals surface area (Å²) in [7, 11) is 0. The van der Waals surface area contributed by atoms with E-state index in [4.69, 9.17) is 5.11 Å². The lowest BCUT2D eigenvalue weighted by molar-refractivity contribution is -0.137. The minimum absolute atomic E-state index is 0.0190. The molecule has 19 heavy (non-hydrogen) atoms. The summed E-state index contributed by atoms with van der Waals surface area (Å²) < 4.78 is 0. The molecule has 1 rings (SSSR count). The summed E-state index contributed by atoms with van der Waals surface area (Å²) in [5.74, 6) is -0.611. The Morgan fingerprint density at radius 1 is 1.11 bits per heavy atom. The van der Waals surface area contributed by atoms with Crippen LogP contribution in [-0.2, 0) is 9.59 Å². The fourth-order valence-electron chi connectivity index (χ4n) is 2.34. The van der Waals surface area contributed by atoms with Crippen molar-refractivity contribution >= 4 is 11.9 Å². The Balaban J connectivity index is 1.99. The van der Waals surface area contributed by atoms with Crippen LogP contribution in [0.5, 0.6) is 0 Å². The number of carboxylic acid groups (broad SMARTS) is 1. The van der Waals surface area contributed by atoms with Crippen LogP contribution >= 0.6 is 0 Å². The summed E-state index contributed by atoms with van der Waals surface area (Å²) in [6.07, 6.45) is 8.23. The second kappa shape index (κ2) is 9.78. The van der Waals surface area contributed by atoms with Crippen LogP contribution < -0.4 is 10.6 Å². The summed E-state index contributed by atoms with van der Waals surface area (Å²) in [4.78, 5) is 22.2. The van der Waals surface area contributed by atoms with E-state index >= 15 is 0 Å². The maximum atomic E-state index is 11.9. The maximum Gasteiger partial charge on any atom is 0.303 e. The van der Waals surface area contributed by atoms with Crippen molar-refractivity contribution in [3.63, 3.8) is 0 Å². The largest absolute Gasteiger partial charge is 0.481 e. The van der Waals surface area contributed by atoms with Crippen LogP contribution in [0.2, 0.25) is 0 Å². The first kappa shape index (κ1) is 16.0. The van der Waals surface area contributed by atoms with Crippen LogP contribution in [0.4, 0.5) is 0 Å². The molecule has 1 unspecified atom stereocenters. The van der Waals surface area contributed by atoms with Crippen LogP contribution in [0, 0.1) is 0 Å². The Hall–Kier alpha value is -1.10. The van der Waals surface area contributed by atoms with Crippen molar-refractivity contribution in [1.82, 2.24) is 10.6 Å². The average Bonchev–Trinajstić information content (AvgIpc) is 2.66. The van der Waals surface area contributed by atoms with E-state index in [1.54, 1.807) is 0 Å². The number of unbranched alkanes of at least 4 members (excludes halogenated alkanes) is 3. The zero-order chi connectivity index (χ0) is 13.9. The number of carbonyl (C=O) groups is 2. The second-order valence-corrected chi connectivity index (χ2v) is 5.21. The van der Waals surface area contributed by atoms with E-state index in [9.17, 15) is 9.59 Å². The Bertz CT molecular complexity index is 274. The van der Waals surface area contributed by atoms with Gasteiger partial charge in [-0.15, -0.1) is 0 Å². The van der Waals surface area contributed by atoms with Gasteiger partial charge in [0, 0.05) is 13.0 Å². The van der Waals surface area contributed by atoms with E-state index in [-0.39, 0.29) is 18.4 Å².